The van der Waals surface area contributed by atoms with Crippen LogP contribution < -0.4 is 5.73 Å². The van der Waals surface area contributed by atoms with Crippen molar-refractivity contribution in [1.82, 2.24) is 9.97 Å². The second-order valence-corrected chi connectivity index (χ2v) is 3.57. The molecule has 1 heterocycles. The van der Waals surface area contributed by atoms with E-state index in [1.54, 1.807) is 25.1 Å². The van der Waals surface area contributed by atoms with Crippen LogP contribution in [0, 0.1) is 12.7 Å². The first-order valence-electron chi connectivity index (χ1n) is 4.98. The van der Waals surface area contributed by atoms with Crippen LogP contribution in [0.4, 0.5) is 4.39 Å². The molecule has 0 saturated carbocycles. The molecule has 2 N–H and O–H groups in total. The van der Waals surface area contributed by atoms with Crippen molar-refractivity contribution >= 4 is 5.91 Å². The van der Waals surface area contributed by atoms with Crippen LogP contribution in [0.3, 0.4) is 0 Å². The Morgan fingerprint density at radius 3 is 2.71 bits per heavy atom. The molecule has 0 bridgehead atoms. The van der Waals surface area contributed by atoms with Gasteiger partial charge in [0.1, 0.15) is 5.82 Å². The van der Waals surface area contributed by atoms with Crippen LogP contribution in [0.5, 0.6) is 0 Å². The Hall–Kier alpha value is -2.30. The highest BCUT2D eigenvalue weighted by molar-refractivity contribution is 5.89. The van der Waals surface area contributed by atoms with Crippen molar-refractivity contribution in [2.24, 2.45) is 5.73 Å². The molecular formula is C12H10FN3O. The number of carbonyl (C=O) groups excluding carboxylic acids is 1. The smallest absolute Gasteiger partial charge is 0.286 e. The highest BCUT2D eigenvalue weighted by atomic mass is 19.1. The van der Waals surface area contributed by atoms with Crippen molar-refractivity contribution in [3.63, 3.8) is 0 Å². The van der Waals surface area contributed by atoms with Gasteiger partial charge >= 0.3 is 0 Å². The van der Waals surface area contributed by atoms with E-state index < -0.39 is 11.7 Å². The molecule has 86 valence electrons. The molecule has 0 atom stereocenters. The molecule has 0 radical (unpaired) electrons. The lowest BCUT2D eigenvalue weighted by molar-refractivity contribution is 0.0990. The quantitative estimate of drug-likeness (QED) is 0.855. The Labute approximate surface area is 97.3 Å². The first-order chi connectivity index (χ1) is 8.09. The molecule has 2 aromatic rings. The highest BCUT2D eigenvalue weighted by Crippen LogP contribution is 2.23. The molecule has 0 saturated heterocycles. The molecule has 1 aromatic carbocycles. The van der Waals surface area contributed by atoms with Gasteiger partial charge in [0.15, 0.2) is 0 Å². The summed E-state index contributed by atoms with van der Waals surface area (Å²) in [6.07, 6.45) is 1.45. The molecular weight excluding hydrogens is 221 g/mol. The Morgan fingerprint density at radius 1 is 1.35 bits per heavy atom. The third-order valence-corrected chi connectivity index (χ3v) is 2.32. The zero-order chi connectivity index (χ0) is 12.4. The van der Waals surface area contributed by atoms with Crippen LogP contribution in [-0.4, -0.2) is 15.9 Å². The van der Waals surface area contributed by atoms with Crippen LogP contribution in [-0.2, 0) is 0 Å². The summed E-state index contributed by atoms with van der Waals surface area (Å²) in [4.78, 5) is 18.7. The molecule has 1 amide bonds. The van der Waals surface area contributed by atoms with E-state index in [0.29, 0.717) is 16.8 Å². The van der Waals surface area contributed by atoms with E-state index in [4.69, 9.17) is 5.73 Å². The van der Waals surface area contributed by atoms with E-state index >= 15 is 0 Å². The normalized spacial score (nSPS) is 10.2. The lowest BCUT2D eigenvalue weighted by Crippen LogP contribution is -2.16. The summed E-state index contributed by atoms with van der Waals surface area (Å²) in [6, 6.07) is 6.21. The molecule has 0 fully saturated rings. The van der Waals surface area contributed by atoms with Crippen LogP contribution in [0.1, 0.15) is 16.2 Å². The van der Waals surface area contributed by atoms with E-state index in [9.17, 15) is 9.18 Å². The van der Waals surface area contributed by atoms with Gasteiger partial charge in [-0.05, 0) is 24.6 Å². The fourth-order valence-electron chi connectivity index (χ4n) is 1.49. The van der Waals surface area contributed by atoms with Gasteiger partial charge in [-0.1, -0.05) is 12.1 Å². The Balaban J connectivity index is 2.63. The predicted molar refractivity (Wildman–Crippen MR) is 60.7 cm³/mol. The fraction of sp³-hybridized carbons (Fsp3) is 0.0833. The third kappa shape index (κ3) is 2.13. The molecule has 0 spiro atoms. The zero-order valence-electron chi connectivity index (χ0n) is 9.14. The first-order valence-corrected chi connectivity index (χ1v) is 4.98. The van der Waals surface area contributed by atoms with E-state index in [2.05, 4.69) is 9.97 Å². The van der Waals surface area contributed by atoms with Crippen LogP contribution in [0.2, 0.25) is 0 Å². The van der Waals surface area contributed by atoms with E-state index in [1.165, 1.54) is 12.3 Å². The minimum Gasteiger partial charge on any atom is -0.363 e. The summed E-state index contributed by atoms with van der Waals surface area (Å²) in [7, 11) is 0. The van der Waals surface area contributed by atoms with Gasteiger partial charge in [0, 0.05) is 11.8 Å². The number of hydrogen-bond acceptors (Lipinski definition) is 3. The van der Waals surface area contributed by atoms with Crippen molar-refractivity contribution in [1.29, 1.82) is 0 Å². The molecule has 5 heteroatoms. The number of primary amides is 1. The summed E-state index contributed by atoms with van der Waals surface area (Å²) < 4.78 is 13.6. The Morgan fingerprint density at radius 2 is 2.06 bits per heavy atom. The topological polar surface area (TPSA) is 68.9 Å². The number of aryl methyl sites for hydroxylation is 1. The third-order valence-electron chi connectivity index (χ3n) is 2.32. The molecule has 0 aliphatic heterocycles. The van der Waals surface area contributed by atoms with Gasteiger partial charge in [0.25, 0.3) is 5.91 Å². The zero-order valence-corrected chi connectivity index (χ0v) is 9.14. The number of nitrogens with two attached hydrogens (primary N) is 1. The Bertz CT molecular complexity index is 584. The van der Waals surface area contributed by atoms with Crippen LogP contribution in [0.15, 0.2) is 30.5 Å². The second kappa shape index (κ2) is 4.29. The number of hydrogen-bond donors (Lipinski definition) is 1. The van der Waals surface area contributed by atoms with E-state index in [0.717, 1.165) is 0 Å². The average Bonchev–Trinajstić information content (AvgIpc) is 2.30. The summed E-state index contributed by atoms with van der Waals surface area (Å²) in [5.74, 6) is -1.25. The summed E-state index contributed by atoms with van der Waals surface area (Å²) in [5.41, 5.74) is 6.48. The molecule has 4 nitrogen and oxygen atoms in total. The maximum Gasteiger partial charge on any atom is 0.286 e. The van der Waals surface area contributed by atoms with Crippen LogP contribution in [0.25, 0.3) is 11.3 Å². The largest absolute Gasteiger partial charge is 0.363 e. The van der Waals surface area contributed by atoms with Gasteiger partial charge < -0.3 is 5.73 Å². The number of benzene rings is 1. The van der Waals surface area contributed by atoms with Gasteiger partial charge in [0.05, 0.1) is 5.69 Å². The van der Waals surface area contributed by atoms with Gasteiger partial charge in [-0.3, -0.25) is 4.79 Å². The van der Waals surface area contributed by atoms with E-state index in [-0.39, 0.29) is 5.82 Å². The van der Waals surface area contributed by atoms with Gasteiger partial charge in [-0.2, -0.15) is 0 Å². The molecule has 0 aliphatic carbocycles. The monoisotopic (exact) mass is 231 g/mol. The average molecular weight is 231 g/mol. The number of nitrogens with zero attached hydrogens (tertiary/aromatic N) is 2. The van der Waals surface area contributed by atoms with Crippen molar-refractivity contribution < 1.29 is 9.18 Å². The van der Waals surface area contributed by atoms with Crippen molar-refractivity contribution in [3.05, 3.63) is 47.7 Å². The minimum atomic E-state index is -0.734. The van der Waals surface area contributed by atoms with Gasteiger partial charge in [0.2, 0.25) is 5.82 Å². The van der Waals surface area contributed by atoms with Crippen LogP contribution >= 0.6 is 0 Å². The maximum absolute atomic E-state index is 13.6. The standard InChI is InChI=1S/C12H10FN3O/c1-7-6-15-12(11(14)17)16-10(7)8-4-2-3-5-9(8)13/h2-6H,1H3,(H2,14,17). The highest BCUT2D eigenvalue weighted by Gasteiger charge is 2.12. The predicted octanol–water partition coefficient (Wildman–Crippen LogP) is 1.69. The molecule has 0 unspecified atom stereocenters. The number of aromatic nitrogens is 2. The summed E-state index contributed by atoms with van der Waals surface area (Å²) in [6.45, 7) is 1.74. The van der Waals surface area contributed by atoms with Crippen molar-refractivity contribution in [3.8, 4) is 11.3 Å². The summed E-state index contributed by atoms with van der Waals surface area (Å²) >= 11 is 0. The molecule has 2 rings (SSSR count). The minimum absolute atomic E-state index is 0.117. The lowest BCUT2D eigenvalue weighted by atomic mass is 10.1. The molecule has 17 heavy (non-hydrogen) atoms. The fourth-order valence-corrected chi connectivity index (χ4v) is 1.49. The number of carbonyl (C=O) groups is 1. The van der Waals surface area contributed by atoms with Crippen molar-refractivity contribution in [2.45, 2.75) is 6.92 Å². The van der Waals surface area contributed by atoms with Gasteiger partial charge in [-0.25, -0.2) is 14.4 Å². The van der Waals surface area contributed by atoms with Gasteiger partial charge in [-0.15, -0.1) is 0 Å². The first kappa shape index (κ1) is 11.2. The van der Waals surface area contributed by atoms with Crippen molar-refractivity contribution in [2.75, 3.05) is 0 Å². The number of amides is 1. The number of rotatable bonds is 2. The summed E-state index contributed by atoms with van der Waals surface area (Å²) in [5, 5.41) is 0. The number of halogens is 1. The second-order valence-electron chi connectivity index (χ2n) is 3.57. The SMILES string of the molecule is Cc1cnc(C(N)=O)nc1-c1ccccc1F. The maximum atomic E-state index is 13.6. The Kier molecular flexibility index (Phi) is 2.82. The molecule has 1 aromatic heterocycles. The molecule has 0 aliphatic rings. The van der Waals surface area contributed by atoms with E-state index in [1.807, 2.05) is 0 Å². The lowest BCUT2D eigenvalue weighted by Gasteiger charge is -2.06.